The molecule has 0 atom stereocenters. The van der Waals surface area contributed by atoms with Crippen molar-refractivity contribution in [1.29, 1.82) is 0 Å². The average Bonchev–Trinajstić information content (AvgIpc) is 2.52. The highest BCUT2D eigenvalue weighted by atomic mass is 32.2. The molecule has 0 amide bonds. The molecule has 0 saturated heterocycles. The number of hydrogen-bond acceptors (Lipinski definition) is 4. The summed E-state index contributed by atoms with van der Waals surface area (Å²) in [4.78, 5) is 35.8. The maximum absolute atomic E-state index is 12.0. The van der Waals surface area contributed by atoms with E-state index in [4.69, 9.17) is 0 Å². The van der Waals surface area contributed by atoms with Gasteiger partial charge in [-0.15, -0.1) is 0 Å². The molecule has 1 saturated carbocycles. The molecule has 0 N–H and O–H groups in total. The number of hydrogen-bond donors (Lipinski definition) is 0. The maximum atomic E-state index is 12.0. The third-order valence-corrected chi connectivity index (χ3v) is 4.94. The van der Waals surface area contributed by atoms with Gasteiger partial charge in [0, 0.05) is 18.6 Å². The van der Waals surface area contributed by atoms with Crippen molar-refractivity contribution in [3.05, 3.63) is 48.0 Å². The lowest BCUT2D eigenvalue weighted by Crippen LogP contribution is -2.39. The lowest BCUT2D eigenvalue weighted by Gasteiger charge is -2.29. The van der Waals surface area contributed by atoms with Crippen LogP contribution in [0.5, 0.6) is 0 Å². The van der Waals surface area contributed by atoms with Crippen molar-refractivity contribution in [1.82, 2.24) is 0 Å². The molecule has 3 nitrogen and oxygen atoms in total. The van der Waals surface area contributed by atoms with Gasteiger partial charge in [-0.3, -0.25) is 14.4 Å². The predicted molar refractivity (Wildman–Crippen MR) is 88.5 cm³/mol. The van der Waals surface area contributed by atoms with Crippen LogP contribution in [-0.2, 0) is 20.1 Å². The van der Waals surface area contributed by atoms with Crippen molar-refractivity contribution in [2.45, 2.75) is 38.4 Å². The first kappa shape index (κ1) is 16.7. The van der Waals surface area contributed by atoms with Gasteiger partial charge >= 0.3 is 0 Å². The van der Waals surface area contributed by atoms with Crippen LogP contribution in [0.25, 0.3) is 0 Å². The molecule has 0 heterocycles. The highest BCUT2D eigenvalue weighted by Crippen LogP contribution is 2.33. The number of rotatable bonds is 5. The third kappa shape index (κ3) is 4.17. The van der Waals surface area contributed by atoms with E-state index in [1.807, 2.05) is 30.3 Å². The van der Waals surface area contributed by atoms with E-state index in [0.29, 0.717) is 31.4 Å². The van der Waals surface area contributed by atoms with Crippen molar-refractivity contribution in [3.63, 3.8) is 0 Å². The number of carbonyl (C=O) groups excluding carboxylic acids is 3. The Kier molecular flexibility index (Phi) is 5.72. The van der Waals surface area contributed by atoms with Crippen molar-refractivity contribution in [2.24, 2.45) is 5.41 Å². The van der Waals surface area contributed by atoms with Gasteiger partial charge in [-0.2, -0.15) is 0 Å². The number of benzene rings is 1. The van der Waals surface area contributed by atoms with E-state index in [0.717, 1.165) is 5.56 Å². The summed E-state index contributed by atoms with van der Waals surface area (Å²) in [6.07, 6.45) is 5.06. The topological polar surface area (TPSA) is 51.2 Å². The predicted octanol–water partition coefficient (Wildman–Crippen LogP) is 3.72. The minimum Gasteiger partial charge on any atom is -0.299 e. The van der Waals surface area contributed by atoms with Crippen LogP contribution in [0.4, 0.5) is 0 Å². The zero-order valence-electron chi connectivity index (χ0n) is 12.7. The summed E-state index contributed by atoms with van der Waals surface area (Å²) in [7, 11) is 0. The summed E-state index contributed by atoms with van der Waals surface area (Å²) >= 11 is 1.22. The van der Waals surface area contributed by atoms with Gasteiger partial charge in [0.1, 0.15) is 11.6 Å². The van der Waals surface area contributed by atoms with Crippen molar-refractivity contribution in [2.75, 3.05) is 0 Å². The second-order valence-corrected chi connectivity index (χ2v) is 6.71. The van der Waals surface area contributed by atoms with E-state index in [1.165, 1.54) is 17.8 Å². The summed E-state index contributed by atoms with van der Waals surface area (Å²) < 4.78 is 0. The maximum Gasteiger partial charge on any atom is 0.212 e. The molecule has 2 rings (SSSR count). The van der Waals surface area contributed by atoms with Crippen LogP contribution in [0, 0.1) is 5.41 Å². The molecule has 0 aromatic heterocycles. The first-order valence-corrected chi connectivity index (χ1v) is 8.45. The van der Waals surface area contributed by atoms with E-state index in [2.05, 4.69) is 0 Å². The van der Waals surface area contributed by atoms with Crippen LogP contribution in [0.2, 0.25) is 0 Å². The van der Waals surface area contributed by atoms with Crippen LogP contribution in [-0.4, -0.2) is 16.7 Å². The third-order valence-electron chi connectivity index (χ3n) is 4.04. The van der Waals surface area contributed by atoms with Gasteiger partial charge in [-0.05, 0) is 31.4 Å². The van der Waals surface area contributed by atoms with Crippen molar-refractivity contribution >= 4 is 28.4 Å². The first-order chi connectivity index (χ1) is 10.5. The van der Waals surface area contributed by atoms with E-state index >= 15 is 0 Å². The highest BCUT2D eigenvalue weighted by molar-refractivity contribution is 8.13. The minimum absolute atomic E-state index is 0.00205. The summed E-state index contributed by atoms with van der Waals surface area (Å²) in [5.74, 6) is 0.620. The van der Waals surface area contributed by atoms with Crippen LogP contribution >= 0.6 is 11.8 Å². The van der Waals surface area contributed by atoms with Gasteiger partial charge in [0.05, 0.1) is 5.41 Å². The second kappa shape index (κ2) is 7.54. The lowest BCUT2D eigenvalue weighted by molar-refractivity contribution is -0.142. The molecule has 0 radical (unpaired) electrons. The standard InChI is InChI=1S/C18H20O3S/c1-18(15(19)9-5-10-16(18)20)12-6-11-17(21)22-13-14-7-3-2-4-8-14/h2-4,6-8,11H,5,9-10,12-13H2,1H3/b11-6+. The van der Waals surface area contributed by atoms with Gasteiger partial charge < -0.3 is 0 Å². The zero-order chi connectivity index (χ0) is 16.0. The molecule has 0 bridgehead atoms. The largest absolute Gasteiger partial charge is 0.299 e. The highest BCUT2D eigenvalue weighted by Gasteiger charge is 2.41. The summed E-state index contributed by atoms with van der Waals surface area (Å²) in [5, 5.41) is -0.0526. The van der Waals surface area contributed by atoms with Gasteiger partial charge in [0.25, 0.3) is 0 Å². The number of Topliss-reactive ketones (excluding diaryl/α,β-unsaturated/α-hetero) is 2. The lowest BCUT2D eigenvalue weighted by atomic mass is 9.71. The van der Waals surface area contributed by atoms with E-state index < -0.39 is 5.41 Å². The van der Waals surface area contributed by atoms with Crippen LogP contribution < -0.4 is 0 Å². The van der Waals surface area contributed by atoms with Crippen LogP contribution in [0.15, 0.2) is 42.5 Å². The Hall–Kier alpha value is -1.68. The molecular formula is C18H20O3S. The number of thioether (sulfide) groups is 1. The van der Waals surface area contributed by atoms with Gasteiger partial charge in [0.15, 0.2) is 0 Å². The fourth-order valence-electron chi connectivity index (χ4n) is 2.51. The Morgan fingerprint density at radius 2 is 1.82 bits per heavy atom. The Morgan fingerprint density at radius 3 is 2.45 bits per heavy atom. The van der Waals surface area contributed by atoms with Crippen LogP contribution in [0.1, 0.15) is 38.2 Å². The number of ketones is 2. The Morgan fingerprint density at radius 1 is 1.18 bits per heavy atom. The summed E-state index contributed by atoms with van der Waals surface area (Å²) in [5.41, 5.74) is 0.165. The molecule has 0 aliphatic heterocycles. The molecule has 1 aromatic carbocycles. The molecule has 1 fully saturated rings. The van der Waals surface area contributed by atoms with Gasteiger partial charge in [-0.25, -0.2) is 0 Å². The first-order valence-electron chi connectivity index (χ1n) is 7.46. The molecule has 22 heavy (non-hydrogen) atoms. The number of allylic oxidation sites excluding steroid dienone is 1. The van der Waals surface area contributed by atoms with Gasteiger partial charge in [-0.1, -0.05) is 48.2 Å². The van der Waals surface area contributed by atoms with Crippen molar-refractivity contribution in [3.8, 4) is 0 Å². The fraction of sp³-hybridized carbons (Fsp3) is 0.389. The molecule has 0 unspecified atom stereocenters. The number of carbonyl (C=O) groups is 3. The normalized spacial score (nSPS) is 17.9. The SMILES string of the molecule is CC1(C/C=C/C(=O)SCc2ccccc2)C(=O)CCCC1=O. The van der Waals surface area contributed by atoms with Gasteiger partial charge in [0.2, 0.25) is 5.12 Å². The minimum atomic E-state index is -0.931. The second-order valence-electron chi connectivity index (χ2n) is 5.73. The van der Waals surface area contributed by atoms with E-state index in [1.54, 1.807) is 13.0 Å². The summed E-state index contributed by atoms with van der Waals surface area (Å²) in [6.45, 7) is 1.70. The summed E-state index contributed by atoms with van der Waals surface area (Å²) in [6, 6.07) is 9.78. The zero-order valence-corrected chi connectivity index (χ0v) is 13.5. The monoisotopic (exact) mass is 316 g/mol. The van der Waals surface area contributed by atoms with E-state index in [9.17, 15) is 14.4 Å². The van der Waals surface area contributed by atoms with Crippen LogP contribution in [0.3, 0.4) is 0 Å². The Bertz CT molecular complexity index is 574. The average molecular weight is 316 g/mol. The molecular weight excluding hydrogens is 296 g/mol. The smallest absolute Gasteiger partial charge is 0.212 e. The Balaban J connectivity index is 1.85. The van der Waals surface area contributed by atoms with E-state index in [-0.39, 0.29) is 16.7 Å². The molecule has 4 heteroatoms. The molecule has 1 aromatic rings. The van der Waals surface area contributed by atoms with Crippen molar-refractivity contribution < 1.29 is 14.4 Å². The molecule has 0 spiro atoms. The molecule has 116 valence electrons. The Labute approximate surface area is 135 Å². The molecule has 1 aliphatic rings. The quantitative estimate of drug-likeness (QED) is 0.613. The fourth-order valence-corrected chi connectivity index (χ4v) is 3.21. The molecule has 1 aliphatic carbocycles.